The number of ether oxygens (including phenoxy) is 3. The molecule has 1 unspecified atom stereocenters. The number of amidine groups is 1. The molecular weight excluding hydrogens is 454 g/mol. The van der Waals surface area contributed by atoms with Crippen LogP contribution in [0.2, 0.25) is 0 Å². The molecule has 0 aromatic heterocycles. The van der Waals surface area contributed by atoms with E-state index in [0.29, 0.717) is 30.0 Å². The monoisotopic (exact) mass is 480 g/mol. The third-order valence-electron chi connectivity index (χ3n) is 5.51. The summed E-state index contributed by atoms with van der Waals surface area (Å²) in [4.78, 5) is 40.4. The van der Waals surface area contributed by atoms with Crippen LogP contribution in [0.25, 0.3) is 0 Å². The average Bonchev–Trinajstić information content (AvgIpc) is 3.13. The number of benzene rings is 2. The SMILES string of the molecule is CN1COc2cc(Oc3cc(OC4CCN(C)C4=O)cc(C(=O)NC(=[NH2+])/C=C\N)c3)ccc2C1=O. The maximum Gasteiger partial charge on any atom is 0.339 e. The summed E-state index contributed by atoms with van der Waals surface area (Å²) in [5.74, 6) is 0.575. The fourth-order valence-electron chi connectivity index (χ4n) is 3.67. The van der Waals surface area contributed by atoms with Crippen molar-refractivity contribution >= 4 is 23.6 Å². The van der Waals surface area contributed by atoms with E-state index in [1.165, 1.54) is 29.3 Å². The topological polar surface area (TPSA) is 149 Å². The van der Waals surface area contributed by atoms with E-state index in [4.69, 9.17) is 25.4 Å². The molecule has 2 heterocycles. The van der Waals surface area contributed by atoms with Crippen molar-refractivity contribution in [2.75, 3.05) is 27.4 Å². The highest BCUT2D eigenvalue weighted by Crippen LogP contribution is 2.33. The molecule has 1 atom stereocenters. The van der Waals surface area contributed by atoms with Gasteiger partial charge in [0.15, 0.2) is 12.8 Å². The number of amides is 3. The fourth-order valence-corrected chi connectivity index (χ4v) is 3.67. The fraction of sp³-hybridized carbons (Fsp3) is 0.250. The Hall–Kier alpha value is -4.54. The molecule has 182 valence electrons. The van der Waals surface area contributed by atoms with Crippen molar-refractivity contribution in [3.8, 4) is 23.0 Å². The van der Waals surface area contributed by atoms with Crippen LogP contribution in [0.15, 0.2) is 48.7 Å². The molecule has 2 aromatic rings. The molecule has 2 aliphatic heterocycles. The summed E-state index contributed by atoms with van der Waals surface area (Å²) >= 11 is 0. The Morgan fingerprint density at radius 2 is 1.91 bits per heavy atom. The van der Waals surface area contributed by atoms with Crippen LogP contribution < -0.4 is 30.7 Å². The normalized spacial score (nSPS) is 17.3. The Morgan fingerprint density at radius 3 is 2.63 bits per heavy atom. The zero-order chi connectivity index (χ0) is 25.1. The molecule has 11 nitrogen and oxygen atoms in total. The van der Waals surface area contributed by atoms with Gasteiger partial charge in [-0.25, -0.2) is 10.1 Å². The Kier molecular flexibility index (Phi) is 6.58. The number of likely N-dealkylation sites (tertiary alicyclic amines) is 1. The van der Waals surface area contributed by atoms with Crippen molar-refractivity contribution in [3.05, 3.63) is 59.8 Å². The minimum absolute atomic E-state index is 0.0559. The third kappa shape index (κ3) is 5.18. The van der Waals surface area contributed by atoms with E-state index in [1.54, 1.807) is 43.3 Å². The van der Waals surface area contributed by atoms with E-state index in [0.717, 1.165) is 0 Å². The Balaban J connectivity index is 1.62. The highest BCUT2D eigenvalue weighted by molar-refractivity contribution is 6.08. The largest absolute Gasteiger partial charge is 0.480 e. The molecule has 0 spiro atoms. The third-order valence-corrected chi connectivity index (χ3v) is 5.51. The van der Waals surface area contributed by atoms with Crippen LogP contribution in [0.4, 0.5) is 0 Å². The smallest absolute Gasteiger partial charge is 0.339 e. The molecule has 3 amide bonds. The second-order valence-corrected chi connectivity index (χ2v) is 8.15. The number of nitrogens with two attached hydrogens (primary N) is 2. The van der Waals surface area contributed by atoms with E-state index in [9.17, 15) is 14.4 Å². The van der Waals surface area contributed by atoms with Crippen molar-refractivity contribution in [1.82, 2.24) is 15.1 Å². The van der Waals surface area contributed by atoms with Crippen molar-refractivity contribution < 1.29 is 34.0 Å². The van der Waals surface area contributed by atoms with Gasteiger partial charge in [0.2, 0.25) is 0 Å². The molecule has 2 aromatic carbocycles. The number of hydrogen-bond acceptors (Lipinski definition) is 7. The van der Waals surface area contributed by atoms with E-state index in [2.05, 4.69) is 5.32 Å². The predicted molar refractivity (Wildman–Crippen MR) is 125 cm³/mol. The summed E-state index contributed by atoms with van der Waals surface area (Å²) in [6, 6.07) is 9.41. The molecule has 5 N–H and O–H groups in total. The van der Waals surface area contributed by atoms with Gasteiger partial charge in [0, 0.05) is 51.5 Å². The van der Waals surface area contributed by atoms with Crippen LogP contribution in [0.5, 0.6) is 23.0 Å². The molecule has 0 bridgehead atoms. The van der Waals surface area contributed by atoms with E-state index >= 15 is 0 Å². The van der Waals surface area contributed by atoms with Gasteiger partial charge in [-0.1, -0.05) is 0 Å². The van der Waals surface area contributed by atoms with E-state index < -0.39 is 12.0 Å². The first kappa shape index (κ1) is 23.6. The van der Waals surface area contributed by atoms with Crippen molar-refractivity contribution in [2.24, 2.45) is 5.73 Å². The lowest BCUT2D eigenvalue weighted by Gasteiger charge is -2.25. The van der Waals surface area contributed by atoms with Crippen molar-refractivity contribution in [3.63, 3.8) is 0 Å². The first-order valence-electron chi connectivity index (χ1n) is 10.8. The first-order valence-corrected chi connectivity index (χ1v) is 10.8. The maximum absolute atomic E-state index is 12.8. The first-order chi connectivity index (χ1) is 16.7. The van der Waals surface area contributed by atoms with Gasteiger partial charge < -0.3 is 29.7 Å². The van der Waals surface area contributed by atoms with Crippen molar-refractivity contribution in [1.29, 1.82) is 0 Å². The lowest BCUT2D eigenvalue weighted by molar-refractivity contribution is -0.132. The van der Waals surface area contributed by atoms with E-state index in [1.807, 2.05) is 0 Å². The molecule has 4 rings (SSSR count). The molecule has 0 radical (unpaired) electrons. The number of fused-ring (bicyclic) bond motifs is 1. The molecule has 0 saturated carbocycles. The zero-order valence-corrected chi connectivity index (χ0v) is 19.3. The average molecular weight is 481 g/mol. The van der Waals surface area contributed by atoms with Gasteiger partial charge in [-0.3, -0.25) is 15.0 Å². The second kappa shape index (κ2) is 9.75. The summed E-state index contributed by atoms with van der Waals surface area (Å²) in [5.41, 5.74) is 5.93. The molecule has 11 heteroatoms. The van der Waals surface area contributed by atoms with Crippen LogP contribution >= 0.6 is 0 Å². The number of nitrogens with zero attached hydrogens (tertiary/aromatic N) is 2. The summed E-state index contributed by atoms with van der Waals surface area (Å²) < 4.78 is 17.5. The Morgan fingerprint density at radius 1 is 1.14 bits per heavy atom. The predicted octanol–water partition coefficient (Wildman–Crippen LogP) is -0.130. The van der Waals surface area contributed by atoms with Crippen LogP contribution in [0, 0.1) is 0 Å². The molecule has 0 aliphatic carbocycles. The van der Waals surface area contributed by atoms with Crippen LogP contribution in [-0.4, -0.2) is 66.8 Å². The van der Waals surface area contributed by atoms with Gasteiger partial charge in [-0.15, -0.1) is 0 Å². The summed E-state index contributed by atoms with van der Waals surface area (Å²) in [6.45, 7) is 0.703. The number of likely N-dealkylation sites (N-methyl/N-ethyl adjacent to an activating group) is 1. The molecule has 2 aliphatic rings. The molecular formula is C24H26N5O6+. The minimum atomic E-state index is -0.664. The number of carbonyl (C=O) groups is 3. The molecule has 35 heavy (non-hydrogen) atoms. The van der Waals surface area contributed by atoms with Crippen LogP contribution in [0.1, 0.15) is 27.1 Å². The number of nitrogens with one attached hydrogen (secondary N) is 1. The highest BCUT2D eigenvalue weighted by atomic mass is 16.5. The quantitative estimate of drug-likeness (QED) is 0.385. The Bertz CT molecular complexity index is 1230. The van der Waals surface area contributed by atoms with Crippen molar-refractivity contribution in [2.45, 2.75) is 12.5 Å². The van der Waals surface area contributed by atoms with Gasteiger partial charge in [0.1, 0.15) is 23.0 Å². The van der Waals surface area contributed by atoms with Gasteiger partial charge >= 0.3 is 5.91 Å². The van der Waals surface area contributed by atoms with E-state index in [-0.39, 0.29) is 41.4 Å². The van der Waals surface area contributed by atoms with Gasteiger partial charge in [-0.05, 0) is 24.3 Å². The second-order valence-electron chi connectivity index (χ2n) is 8.15. The lowest BCUT2D eigenvalue weighted by atomic mass is 10.1. The number of carbonyl (C=O) groups excluding carboxylic acids is 3. The summed E-state index contributed by atoms with van der Waals surface area (Å²) in [5, 5.41) is 8.25. The Labute approximate surface area is 201 Å². The molecule has 1 fully saturated rings. The zero-order valence-electron chi connectivity index (χ0n) is 19.3. The summed E-state index contributed by atoms with van der Waals surface area (Å²) in [6.07, 6.45) is 2.40. The maximum atomic E-state index is 12.8. The summed E-state index contributed by atoms with van der Waals surface area (Å²) in [7, 11) is 3.35. The van der Waals surface area contributed by atoms with Crippen LogP contribution in [0.3, 0.4) is 0 Å². The van der Waals surface area contributed by atoms with Crippen LogP contribution in [-0.2, 0) is 4.79 Å². The molecule has 1 saturated heterocycles. The number of hydrogen-bond donors (Lipinski definition) is 3. The standard InChI is InChI=1S/C24H25N5O6/c1-28-8-6-19(24(28)32)35-17-10-14(22(30)27-21(26)5-7-25)9-16(11-17)34-15-3-4-18-20(12-15)33-13-29(2)23(18)31/h3-5,7,9-12,19H,6,8,13,25H2,1-2H3,(H2,26,27,30)/p+1/b7-5-. The minimum Gasteiger partial charge on any atom is -0.480 e. The number of rotatable bonds is 6. The highest BCUT2D eigenvalue weighted by Gasteiger charge is 2.31. The van der Waals surface area contributed by atoms with Gasteiger partial charge in [0.25, 0.3) is 17.6 Å². The lowest BCUT2D eigenvalue weighted by Crippen LogP contribution is -2.49. The van der Waals surface area contributed by atoms with Gasteiger partial charge in [0.05, 0.1) is 11.1 Å². The van der Waals surface area contributed by atoms with Gasteiger partial charge in [-0.2, -0.15) is 0 Å².